The van der Waals surface area contributed by atoms with Crippen LogP contribution in [0.5, 0.6) is 11.5 Å². The minimum Gasteiger partial charge on any atom is -0.496 e. The Morgan fingerprint density at radius 3 is 2.58 bits per heavy atom. The Morgan fingerprint density at radius 2 is 1.90 bits per heavy atom. The maximum Gasteiger partial charge on any atom is 0.435 e. The number of carbonyl (C=O) groups excluding carboxylic acids is 1. The Hall–Kier alpha value is -4.54. The topological polar surface area (TPSA) is 90.9 Å². The zero-order chi connectivity index (χ0) is 28.7. The van der Waals surface area contributed by atoms with Crippen LogP contribution in [0.15, 0.2) is 70.2 Å². The maximum atomic E-state index is 12.9. The van der Waals surface area contributed by atoms with Gasteiger partial charge in [0.1, 0.15) is 23.9 Å². The molecule has 2 aromatic heterocycles. The zero-order valence-corrected chi connectivity index (χ0v) is 22.3. The van der Waals surface area contributed by atoms with Crippen molar-refractivity contribution in [2.75, 3.05) is 7.11 Å². The molecule has 40 heavy (non-hydrogen) atoms. The minimum atomic E-state index is -4.54. The largest absolute Gasteiger partial charge is 0.496 e. The number of rotatable bonds is 11. The lowest BCUT2D eigenvalue weighted by atomic mass is 10.1. The number of halogens is 3. The first-order chi connectivity index (χ1) is 19.2. The number of nitrogens with zero attached hydrogens (tertiary/aromatic N) is 3. The molecule has 0 aliphatic heterocycles. The van der Waals surface area contributed by atoms with E-state index in [4.69, 9.17) is 13.9 Å². The Bertz CT molecular complexity index is 1470. The summed E-state index contributed by atoms with van der Waals surface area (Å²) >= 11 is 0. The smallest absolute Gasteiger partial charge is 0.435 e. The van der Waals surface area contributed by atoms with Gasteiger partial charge in [-0.2, -0.15) is 23.4 Å². The van der Waals surface area contributed by atoms with Crippen molar-refractivity contribution in [2.45, 2.75) is 46.0 Å². The highest BCUT2D eigenvalue weighted by Crippen LogP contribution is 2.28. The van der Waals surface area contributed by atoms with Crippen LogP contribution >= 0.6 is 0 Å². The summed E-state index contributed by atoms with van der Waals surface area (Å²) in [6.45, 7) is 3.91. The summed E-state index contributed by atoms with van der Waals surface area (Å²) in [7, 11) is 1.56. The molecule has 0 saturated carbocycles. The first-order valence-corrected chi connectivity index (χ1v) is 12.6. The SMILES string of the molecule is CCCc1ccc(OCc2ccc(/C=N\NC(=O)c3ccc(Cn4nc(C(F)(F)F)cc4C)o3)cc2OC)cc1. The molecule has 0 saturated heterocycles. The second-order valence-electron chi connectivity index (χ2n) is 9.05. The Labute approximate surface area is 229 Å². The fourth-order valence-corrected chi connectivity index (χ4v) is 3.92. The van der Waals surface area contributed by atoms with Crippen LogP contribution in [0.4, 0.5) is 13.2 Å². The summed E-state index contributed by atoms with van der Waals surface area (Å²) in [5, 5.41) is 7.52. The van der Waals surface area contributed by atoms with Crippen molar-refractivity contribution < 1.29 is 31.9 Å². The molecule has 0 aliphatic rings. The van der Waals surface area contributed by atoms with E-state index < -0.39 is 17.8 Å². The third kappa shape index (κ3) is 7.31. The molecule has 0 unspecified atom stereocenters. The van der Waals surface area contributed by atoms with E-state index in [1.54, 1.807) is 13.2 Å². The fraction of sp³-hybridized carbons (Fsp3) is 0.276. The molecular weight excluding hydrogens is 525 g/mol. The van der Waals surface area contributed by atoms with Crippen LogP contribution in [-0.2, 0) is 25.7 Å². The first kappa shape index (κ1) is 28.5. The number of ether oxygens (including phenoxy) is 2. The average Bonchev–Trinajstić information content (AvgIpc) is 3.55. The van der Waals surface area contributed by atoms with E-state index in [1.165, 1.54) is 30.8 Å². The molecule has 11 heteroatoms. The van der Waals surface area contributed by atoms with Gasteiger partial charge >= 0.3 is 12.1 Å². The van der Waals surface area contributed by atoms with E-state index in [9.17, 15) is 18.0 Å². The Balaban J connectivity index is 1.32. The van der Waals surface area contributed by atoms with Crippen molar-refractivity contribution in [1.82, 2.24) is 15.2 Å². The molecule has 2 heterocycles. The predicted molar refractivity (Wildman–Crippen MR) is 143 cm³/mol. The third-order valence-electron chi connectivity index (χ3n) is 6.01. The van der Waals surface area contributed by atoms with E-state index in [1.807, 2.05) is 24.3 Å². The number of alkyl halides is 3. The molecule has 4 aromatic rings. The Kier molecular flexibility index (Phi) is 8.93. The number of aryl methyl sites for hydroxylation is 2. The molecule has 0 bridgehead atoms. The number of amides is 1. The normalized spacial score (nSPS) is 11.7. The van der Waals surface area contributed by atoms with Gasteiger partial charge in [0.15, 0.2) is 11.5 Å². The molecule has 4 rings (SSSR count). The van der Waals surface area contributed by atoms with Gasteiger partial charge < -0.3 is 13.9 Å². The molecule has 0 aliphatic carbocycles. The lowest BCUT2D eigenvalue weighted by molar-refractivity contribution is -0.141. The Morgan fingerprint density at radius 1 is 1.12 bits per heavy atom. The predicted octanol–water partition coefficient (Wildman–Crippen LogP) is 6.16. The number of carbonyl (C=O) groups is 1. The molecule has 0 radical (unpaired) electrons. The second kappa shape index (κ2) is 12.5. The van der Waals surface area contributed by atoms with E-state index in [0.717, 1.165) is 34.9 Å². The number of hydrazone groups is 1. The third-order valence-corrected chi connectivity index (χ3v) is 6.01. The van der Waals surface area contributed by atoms with Crippen LogP contribution in [-0.4, -0.2) is 29.0 Å². The monoisotopic (exact) mass is 554 g/mol. The molecule has 0 fully saturated rings. The summed E-state index contributed by atoms with van der Waals surface area (Å²) < 4.78 is 56.7. The molecule has 1 amide bonds. The number of hydrogen-bond acceptors (Lipinski definition) is 6. The van der Waals surface area contributed by atoms with Crippen molar-refractivity contribution in [1.29, 1.82) is 0 Å². The highest BCUT2D eigenvalue weighted by atomic mass is 19.4. The van der Waals surface area contributed by atoms with Crippen molar-refractivity contribution in [3.63, 3.8) is 0 Å². The van der Waals surface area contributed by atoms with Gasteiger partial charge in [-0.05, 0) is 60.9 Å². The van der Waals surface area contributed by atoms with Gasteiger partial charge in [0.05, 0.1) is 19.9 Å². The van der Waals surface area contributed by atoms with Crippen LogP contribution in [0.25, 0.3) is 0 Å². The zero-order valence-electron chi connectivity index (χ0n) is 22.3. The van der Waals surface area contributed by atoms with Gasteiger partial charge in [-0.15, -0.1) is 0 Å². The molecule has 1 N–H and O–H groups in total. The van der Waals surface area contributed by atoms with Gasteiger partial charge in [-0.3, -0.25) is 9.48 Å². The number of aromatic nitrogens is 2. The van der Waals surface area contributed by atoms with Crippen LogP contribution in [0.1, 0.15) is 57.7 Å². The number of furan rings is 1. The van der Waals surface area contributed by atoms with Crippen LogP contribution in [0, 0.1) is 6.92 Å². The van der Waals surface area contributed by atoms with E-state index in [0.29, 0.717) is 23.6 Å². The van der Waals surface area contributed by atoms with E-state index >= 15 is 0 Å². The number of benzene rings is 2. The standard InChI is InChI=1S/C29H29F3N4O4/c1-4-5-20-7-10-23(11-8-20)39-18-22-9-6-21(15-26(22)38-3)16-33-34-28(37)25-13-12-24(40-25)17-36-19(2)14-27(35-36)29(30,31)32/h6-16H,4-5,17-18H2,1-3H3,(H,34,37)/b33-16-. The van der Waals surface area contributed by atoms with Crippen LogP contribution < -0.4 is 14.9 Å². The molecular formula is C29H29F3N4O4. The molecule has 2 aromatic carbocycles. The van der Waals surface area contributed by atoms with Crippen molar-refractivity contribution >= 4 is 12.1 Å². The van der Waals surface area contributed by atoms with Crippen molar-refractivity contribution in [2.24, 2.45) is 5.10 Å². The van der Waals surface area contributed by atoms with Crippen molar-refractivity contribution in [3.05, 3.63) is 100 Å². The van der Waals surface area contributed by atoms with E-state index in [-0.39, 0.29) is 18.1 Å². The minimum absolute atomic E-state index is 0.0409. The number of methoxy groups -OCH3 is 1. The fourth-order valence-electron chi connectivity index (χ4n) is 3.92. The van der Waals surface area contributed by atoms with Crippen molar-refractivity contribution in [3.8, 4) is 11.5 Å². The molecule has 8 nitrogen and oxygen atoms in total. The maximum absolute atomic E-state index is 12.9. The van der Waals surface area contributed by atoms with Gasteiger partial charge in [0.25, 0.3) is 0 Å². The van der Waals surface area contributed by atoms with Gasteiger partial charge in [-0.1, -0.05) is 37.6 Å². The quantitative estimate of drug-likeness (QED) is 0.177. The lowest BCUT2D eigenvalue weighted by Crippen LogP contribution is -2.16. The number of nitrogens with one attached hydrogen (secondary N) is 1. The molecule has 210 valence electrons. The summed E-state index contributed by atoms with van der Waals surface area (Å²) in [5.74, 6) is 0.991. The molecule has 0 atom stereocenters. The first-order valence-electron chi connectivity index (χ1n) is 12.6. The summed E-state index contributed by atoms with van der Waals surface area (Å²) in [6, 6.07) is 17.3. The second-order valence-corrected chi connectivity index (χ2v) is 9.05. The van der Waals surface area contributed by atoms with Gasteiger partial charge in [-0.25, -0.2) is 5.43 Å². The molecule has 0 spiro atoms. The van der Waals surface area contributed by atoms with E-state index in [2.05, 4.69) is 34.7 Å². The van der Waals surface area contributed by atoms with Crippen LogP contribution in [0.2, 0.25) is 0 Å². The average molecular weight is 555 g/mol. The van der Waals surface area contributed by atoms with Gasteiger partial charge in [0, 0.05) is 11.3 Å². The lowest BCUT2D eigenvalue weighted by Gasteiger charge is -2.11. The highest BCUT2D eigenvalue weighted by molar-refractivity contribution is 5.92. The van der Waals surface area contributed by atoms with Crippen LogP contribution in [0.3, 0.4) is 0 Å². The summed E-state index contributed by atoms with van der Waals surface area (Å²) in [4.78, 5) is 12.4. The van der Waals surface area contributed by atoms with Gasteiger partial charge in [0.2, 0.25) is 0 Å². The summed E-state index contributed by atoms with van der Waals surface area (Å²) in [6.07, 6.45) is -0.972. The highest BCUT2D eigenvalue weighted by Gasteiger charge is 2.34. The number of hydrogen-bond donors (Lipinski definition) is 1. The summed E-state index contributed by atoms with van der Waals surface area (Å²) in [5.41, 5.74) is 4.49.